The molecule has 7 nitrogen and oxygen atoms in total. The molecule has 0 radical (unpaired) electrons. The molecule has 3 aliphatic heterocycles. The van der Waals surface area contributed by atoms with Gasteiger partial charge in [0.2, 0.25) is 0 Å². The molecule has 42 heavy (non-hydrogen) atoms. The first-order valence-corrected chi connectivity index (χ1v) is 15.3. The topological polar surface area (TPSA) is 73.8 Å². The lowest BCUT2D eigenvalue weighted by Crippen LogP contribution is -2.66. The lowest BCUT2D eigenvalue weighted by Gasteiger charge is -2.51. The lowest BCUT2D eigenvalue weighted by atomic mass is 9.85. The Hall–Kier alpha value is -3.20. The number of hydrogen-bond donors (Lipinski definition) is 2. The summed E-state index contributed by atoms with van der Waals surface area (Å²) < 4.78 is 23.1. The molecule has 2 N–H and O–H groups in total. The standard InChI is InChI=1S/C33H37ClFN5O2/c1-4-26-27-10-9-20(36-26)16-40(27)31-24-15-25(34)28(23-14-21(41)13-19-7-5-6-8-22(19)23)29(35)30(24)37-32(38-31)42-18-33(11-12-33)17-39(2)3/h5-8,13-15,20,26-27,36,41H,4,9-12,16-18H2,1-3H3/t20-,26-,27-/m0/s1. The van der Waals surface area contributed by atoms with E-state index in [2.05, 4.69) is 41.1 Å². The van der Waals surface area contributed by atoms with Gasteiger partial charge in [-0.05, 0) is 80.7 Å². The zero-order valence-corrected chi connectivity index (χ0v) is 25.1. The highest BCUT2D eigenvalue weighted by Gasteiger charge is 2.44. The first-order chi connectivity index (χ1) is 20.2. The molecule has 8 rings (SSSR count). The van der Waals surface area contributed by atoms with Crippen LogP contribution >= 0.6 is 11.6 Å². The SMILES string of the molecule is CC[C@@H]1N[C@H]2CC[C@@H]1N(c1nc(OCC3(CN(C)C)CC3)nc3c(F)c(-c4cc(O)cc5ccccc45)c(Cl)cc13)C2. The number of fused-ring (bicyclic) bond motifs is 5. The maximum absolute atomic E-state index is 16.8. The van der Waals surface area contributed by atoms with Crippen molar-refractivity contribution in [2.24, 2.45) is 5.41 Å². The fourth-order valence-electron chi connectivity index (χ4n) is 7.20. The van der Waals surface area contributed by atoms with E-state index in [1.165, 1.54) is 0 Å². The molecule has 9 heteroatoms. The minimum atomic E-state index is -0.538. The second kappa shape index (κ2) is 10.5. The number of aromatic nitrogens is 2. The van der Waals surface area contributed by atoms with Crippen LogP contribution in [0.3, 0.4) is 0 Å². The van der Waals surface area contributed by atoms with E-state index in [9.17, 15) is 5.11 Å². The zero-order valence-electron chi connectivity index (χ0n) is 24.3. The largest absolute Gasteiger partial charge is 0.508 e. The molecule has 1 aromatic heterocycles. The number of piperidine rings is 2. The van der Waals surface area contributed by atoms with Gasteiger partial charge in [0.25, 0.3) is 0 Å². The summed E-state index contributed by atoms with van der Waals surface area (Å²) in [5.74, 6) is 0.184. The number of anilines is 1. The summed E-state index contributed by atoms with van der Waals surface area (Å²) in [5.41, 5.74) is 0.995. The van der Waals surface area contributed by atoms with Gasteiger partial charge in [-0.2, -0.15) is 9.97 Å². The van der Waals surface area contributed by atoms with Crippen molar-refractivity contribution in [2.75, 3.05) is 38.7 Å². The molecule has 0 amide bonds. The number of halogens is 2. The van der Waals surface area contributed by atoms with Crippen LogP contribution in [0, 0.1) is 11.2 Å². The molecule has 3 aromatic carbocycles. The Kier molecular flexibility index (Phi) is 6.91. The number of hydrogen-bond acceptors (Lipinski definition) is 7. The molecule has 1 aliphatic carbocycles. The molecule has 4 fully saturated rings. The second-order valence-corrected chi connectivity index (χ2v) is 13.1. The summed E-state index contributed by atoms with van der Waals surface area (Å²) in [4.78, 5) is 14.1. The van der Waals surface area contributed by atoms with E-state index >= 15 is 4.39 Å². The van der Waals surface area contributed by atoms with Crippen LogP contribution in [0.15, 0.2) is 42.5 Å². The van der Waals surface area contributed by atoms with Crippen LogP contribution in [-0.2, 0) is 0 Å². The quantitative estimate of drug-likeness (QED) is 0.247. The van der Waals surface area contributed by atoms with E-state index < -0.39 is 5.82 Å². The number of nitrogens with zero attached hydrogens (tertiary/aromatic N) is 4. The predicted octanol–water partition coefficient (Wildman–Crippen LogP) is 6.39. The van der Waals surface area contributed by atoms with Crippen LogP contribution in [0.1, 0.15) is 39.0 Å². The van der Waals surface area contributed by atoms with E-state index in [1.54, 1.807) is 18.2 Å². The highest BCUT2D eigenvalue weighted by molar-refractivity contribution is 6.35. The molecule has 4 aromatic rings. The maximum Gasteiger partial charge on any atom is 0.319 e. The smallest absolute Gasteiger partial charge is 0.319 e. The Labute approximate surface area is 250 Å². The summed E-state index contributed by atoms with van der Waals surface area (Å²) >= 11 is 6.92. The number of rotatable bonds is 8. The Balaban J connectivity index is 1.39. The molecule has 220 valence electrons. The number of phenols is 1. The average Bonchev–Trinajstić information content (AvgIpc) is 3.74. The van der Waals surface area contributed by atoms with Gasteiger partial charge in [-0.3, -0.25) is 0 Å². The van der Waals surface area contributed by atoms with Gasteiger partial charge >= 0.3 is 6.01 Å². The molecular weight excluding hydrogens is 553 g/mol. The van der Waals surface area contributed by atoms with Crippen molar-refractivity contribution in [1.29, 1.82) is 0 Å². The first kappa shape index (κ1) is 27.6. The van der Waals surface area contributed by atoms with E-state index in [-0.39, 0.29) is 39.3 Å². The van der Waals surface area contributed by atoms with Crippen molar-refractivity contribution < 1.29 is 14.2 Å². The van der Waals surface area contributed by atoms with Crippen LogP contribution < -0.4 is 15.0 Å². The van der Waals surface area contributed by atoms with Gasteiger partial charge in [-0.15, -0.1) is 0 Å². The molecule has 1 saturated carbocycles. The molecule has 3 saturated heterocycles. The molecule has 4 heterocycles. The van der Waals surface area contributed by atoms with E-state index in [4.69, 9.17) is 21.3 Å². The minimum Gasteiger partial charge on any atom is -0.508 e. The van der Waals surface area contributed by atoms with Crippen molar-refractivity contribution in [1.82, 2.24) is 20.2 Å². The van der Waals surface area contributed by atoms with Gasteiger partial charge in [0.05, 0.1) is 11.6 Å². The zero-order chi connectivity index (χ0) is 29.2. The number of aromatic hydroxyl groups is 1. The summed E-state index contributed by atoms with van der Waals surface area (Å²) in [5, 5.41) is 16.7. The summed E-state index contributed by atoms with van der Waals surface area (Å²) in [6, 6.07) is 13.7. The summed E-state index contributed by atoms with van der Waals surface area (Å²) in [6.45, 7) is 4.40. The number of benzene rings is 3. The molecule has 2 bridgehead atoms. The molecule has 0 spiro atoms. The summed E-state index contributed by atoms with van der Waals surface area (Å²) in [7, 11) is 4.14. The Morgan fingerprint density at radius 1 is 1.14 bits per heavy atom. The fraction of sp³-hybridized carbons (Fsp3) is 0.455. The minimum absolute atomic E-state index is 0.0461. The van der Waals surface area contributed by atoms with Gasteiger partial charge in [0, 0.05) is 47.6 Å². The Morgan fingerprint density at radius 3 is 2.69 bits per heavy atom. The fourth-order valence-corrected chi connectivity index (χ4v) is 7.49. The van der Waals surface area contributed by atoms with Crippen molar-refractivity contribution in [2.45, 2.75) is 57.2 Å². The van der Waals surface area contributed by atoms with Crippen LogP contribution in [0.4, 0.5) is 10.2 Å². The third-order valence-corrected chi connectivity index (χ3v) is 9.63. The van der Waals surface area contributed by atoms with Crippen LogP contribution in [0.5, 0.6) is 11.8 Å². The van der Waals surface area contributed by atoms with Gasteiger partial charge in [-0.25, -0.2) is 4.39 Å². The second-order valence-electron chi connectivity index (χ2n) is 12.7. The monoisotopic (exact) mass is 589 g/mol. The number of phenolic OH excluding ortho intramolecular Hbond substituents is 1. The van der Waals surface area contributed by atoms with Crippen molar-refractivity contribution in [3.8, 4) is 22.9 Å². The van der Waals surface area contributed by atoms with Crippen LogP contribution in [0.25, 0.3) is 32.8 Å². The van der Waals surface area contributed by atoms with E-state index in [0.29, 0.717) is 35.5 Å². The van der Waals surface area contributed by atoms with E-state index in [0.717, 1.165) is 56.0 Å². The van der Waals surface area contributed by atoms with E-state index in [1.807, 2.05) is 24.3 Å². The van der Waals surface area contributed by atoms with Crippen LogP contribution in [0.2, 0.25) is 5.02 Å². The molecular formula is C33H37ClFN5O2. The highest BCUT2D eigenvalue weighted by atomic mass is 35.5. The van der Waals surface area contributed by atoms with Gasteiger partial charge < -0.3 is 25.0 Å². The van der Waals surface area contributed by atoms with Gasteiger partial charge in [0.15, 0.2) is 5.82 Å². The maximum atomic E-state index is 16.8. The lowest BCUT2D eigenvalue weighted by molar-refractivity contribution is 0.182. The third-order valence-electron chi connectivity index (χ3n) is 9.33. The third kappa shape index (κ3) is 4.83. The average molecular weight is 590 g/mol. The van der Waals surface area contributed by atoms with Crippen molar-refractivity contribution in [3.05, 3.63) is 53.3 Å². The normalized spacial score (nSPS) is 22.8. The molecule has 3 atom stereocenters. The first-order valence-electron chi connectivity index (χ1n) is 15.0. The van der Waals surface area contributed by atoms with Crippen LogP contribution in [-0.4, -0.2) is 71.9 Å². The number of ether oxygens (including phenoxy) is 1. The van der Waals surface area contributed by atoms with Gasteiger partial charge in [0.1, 0.15) is 17.1 Å². The van der Waals surface area contributed by atoms with Crippen molar-refractivity contribution >= 4 is 39.1 Å². The Morgan fingerprint density at radius 2 is 1.95 bits per heavy atom. The predicted molar refractivity (Wildman–Crippen MR) is 166 cm³/mol. The molecule has 4 aliphatic rings. The number of piperazine rings is 1. The summed E-state index contributed by atoms with van der Waals surface area (Å²) in [6.07, 6.45) is 5.34. The van der Waals surface area contributed by atoms with Crippen molar-refractivity contribution in [3.63, 3.8) is 0 Å². The molecule has 0 unspecified atom stereocenters. The highest BCUT2D eigenvalue weighted by Crippen LogP contribution is 2.47. The Bertz CT molecular complexity index is 1680. The van der Waals surface area contributed by atoms with Gasteiger partial charge in [-0.1, -0.05) is 42.8 Å². The number of nitrogens with one attached hydrogen (secondary N) is 1.